The van der Waals surface area contributed by atoms with Crippen LogP contribution in [0.1, 0.15) is 58.8 Å². The van der Waals surface area contributed by atoms with Crippen molar-refractivity contribution in [3.05, 3.63) is 83.2 Å². The van der Waals surface area contributed by atoms with Crippen molar-refractivity contribution < 1.29 is 4.79 Å². The Morgan fingerprint density at radius 2 is 1.97 bits per heavy atom. The highest BCUT2D eigenvalue weighted by Crippen LogP contribution is 2.40. The third kappa shape index (κ3) is 2.97. The molecule has 2 aliphatic rings. The first kappa shape index (κ1) is 18.8. The Labute approximate surface area is 176 Å². The Hall–Kier alpha value is -3.18. The number of amides is 1. The lowest BCUT2D eigenvalue weighted by Gasteiger charge is -2.38. The zero-order valence-electron chi connectivity index (χ0n) is 17.1. The lowest BCUT2D eigenvalue weighted by molar-refractivity contribution is 0.1000. The predicted octanol–water partition coefficient (Wildman–Crippen LogP) is 4.35. The van der Waals surface area contributed by atoms with E-state index >= 15 is 0 Å². The van der Waals surface area contributed by atoms with Crippen LogP contribution in [0.3, 0.4) is 0 Å². The van der Waals surface area contributed by atoms with Gasteiger partial charge in [-0.2, -0.15) is 0 Å². The molecule has 152 valence electrons. The molecule has 2 heterocycles. The van der Waals surface area contributed by atoms with Gasteiger partial charge < -0.3 is 15.9 Å². The molecule has 30 heavy (non-hydrogen) atoms. The van der Waals surface area contributed by atoms with Crippen LogP contribution < -0.4 is 11.5 Å². The number of imidazole rings is 1. The van der Waals surface area contributed by atoms with Gasteiger partial charge in [-0.25, -0.2) is 4.98 Å². The molecule has 1 saturated carbocycles. The number of pyridine rings is 1. The van der Waals surface area contributed by atoms with E-state index in [4.69, 9.17) is 16.5 Å². The average Bonchev–Trinajstić information content (AvgIpc) is 3.13. The van der Waals surface area contributed by atoms with E-state index in [1.165, 1.54) is 12.0 Å². The Balaban J connectivity index is 1.69. The Morgan fingerprint density at radius 3 is 2.57 bits per heavy atom. The van der Waals surface area contributed by atoms with Crippen LogP contribution >= 0.6 is 0 Å². The normalized spacial score (nSPS) is 19.7. The van der Waals surface area contributed by atoms with Gasteiger partial charge in [0.15, 0.2) is 0 Å². The number of nitrogens with two attached hydrogens (primary N) is 2. The van der Waals surface area contributed by atoms with Gasteiger partial charge in [0.05, 0.1) is 17.0 Å². The topological polar surface area (TPSA) is 86.4 Å². The lowest BCUT2D eigenvalue weighted by Crippen LogP contribution is -2.43. The molecular formula is C25H26N4O. The number of hydrogen-bond donors (Lipinski definition) is 2. The first-order chi connectivity index (χ1) is 14.5. The van der Waals surface area contributed by atoms with E-state index in [-0.39, 0.29) is 11.5 Å². The fourth-order valence-corrected chi connectivity index (χ4v) is 4.62. The lowest BCUT2D eigenvalue weighted by atomic mass is 9.72. The van der Waals surface area contributed by atoms with E-state index in [1.54, 1.807) is 0 Å². The zero-order valence-corrected chi connectivity index (χ0v) is 17.1. The number of primary amides is 1. The minimum absolute atomic E-state index is 0.176. The maximum atomic E-state index is 11.9. The monoisotopic (exact) mass is 398 g/mol. The third-order valence-electron chi connectivity index (χ3n) is 6.54. The van der Waals surface area contributed by atoms with Crippen LogP contribution in [0.2, 0.25) is 0 Å². The summed E-state index contributed by atoms with van der Waals surface area (Å²) in [6.45, 7) is 1.97. The molecule has 0 spiro atoms. The van der Waals surface area contributed by atoms with Gasteiger partial charge in [-0.3, -0.25) is 4.79 Å². The molecule has 1 aromatic carbocycles. The molecular weight excluding hydrogens is 372 g/mol. The standard InChI is InChI=1S/C25H26N4O/c1-16-14-19(23(26)30)15-29-22(18-6-3-2-4-7-18)21(28-24(16)29)17-8-10-20(11-9-17)25(27)12-5-13-25/h2-4,6,8-11,14-15,18H,5,7,12-13,27H2,1H3,(H2,26,30). The van der Waals surface area contributed by atoms with Crippen LogP contribution in [0, 0.1) is 6.92 Å². The van der Waals surface area contributed by atoms with Crippen LogP contribution in [0.25, 0.3) is 16.9 Å². The molecule has 1 atom stereocenters. The molecule has 0 bridgehead atoms. The molecule has 5 rings (SSSR count). The summed E-state index contributed by atoms with van der Waals surface area (Å²) in [5, 5.41) is 0. The van der Waals surface area contributed by atoms with Crippen molar-refractivity contribution in [2.75, 3.05) is 0 Å². The number of rotatable bonds is 4. The Kier molecular flexibility index (Phi) is 4.36. The molecule has 1 amide bonds. The summed E-state index contributed by atoms with van der Waals surface area (Å²) in [7, 11) is 0. The molecule has 0 aliphatic heterocycles. The smallest absolute Gasteiger partial charge is 0.250 e. The van der Waals surface area contributed by atoms with E-state index in [0.29, 0.717) is 5.56 Å². The molecule has 3 aromatic rings. The minimum atomic E-state index is -0.432. The number of hydrogen-bond acceptors (Lipinski definition) is 3. The van der Waals surface area contributed by atoms with Crippen molar-refractivity contribution in [1.29, 1.82) is 0 Å². The van der Waals surface area contributed by atoms with Crippen molar-refractivity contribution in [1.82, 2.24) is 9.38 Å². The van der Waals surface area contributed by atoms with Gasteiger partial charge in [0.25, 0.3) is 0 Å². The molecule has 0 saturated heterocycles. The largest absolute Gasteiger partial charge is 0.366 e. The summed E-state index contributed by atoms with van der Waals surface area (Å²) >= 11 is 0. The van der Waals surface area contributed by atoms with Crippen LogP contribution in [0.15, 0.2) is 60.8 Å². The summed E-state index contributed by atoms with van der Waals surface area (Å²) in [5.74, 6) is -0.256. The molecule has 2 aliphatic carbocycles. The summed E-state index contributed by atoms with van der Waals surface area (Å²) in [6.07, 6.45) is 14.5. The summed E-state index contributed by atoms with van der Waals surface area (Å²) in [4.78, 5) is 16.9. The maximum absolute atomic E-state index is 11.9. The first-order valence-electron chi connectivity index (χ1n) is 10.5. The summed E-state index contributed by atoms with van der Waals surface area (Å²) in [5.41, 5.74) is 18.5. The second-order valence-electron chi connectivity index (χ2n) is 8.56. The SMILES string of the molecule is Cc1cc(C(N)=O)cn2c(C3C=CC=CC3)c(-c3ccc(C4(N)CCC4)cc3)nc12. The van der Waals surface area contributed by atoms with Gasteiger partial charge in [0, 0.05) is 23.2 Å². The van der Waals surface area contributed by atoms with Gasteiger partial charge in [0.2, 0.25) is 5.91 Å². The summed E-state index contributed by atoms with van der Waals surface area (Å²) < 4.78 is 2.04. The van der Waals surface area contributed by atoms with Crippen molar-refractivity contribution in [3.8, 4) is 11.3 Å². The van der Waals surface area contributed by atoms with E-state index in [2.05, 4.69) is 48.6 Å². The molecule has 1 unspecified atom stereocenters. The summed E-state index contributed by atoms with van der Waals surface area (Å²) in [6, 6.07) is 10.3. The quantitative estimate of drug-likeness (QED) is 0.685. The van der Waals surface area contributed by atoms with Crippen LogP contribution in [-0.2, 0) is 5.54 Å². The van der Waals surface area contributed by atoms with Gasteiger partial charge in [-0.1, -0.05) is 48.6 Å². The number of carbonyl (C=O) groups is 1. The molecule has 4 N–H and O–H groups in total. The molecule has 0 radical (unpaired) electrons. The molecule has 2 aromatic heterocycles. The van der Waals surface area contributed by atoms with Crippen LogP contribution in [-0.4, -0.2) is 15.3 Å². The molecule has 5 heteroatoms. The second kappa shape index (κ2) is 6.96. The number of aryl methyl sites for hydroxylation is 1. The molecule has 5 nitrogen and oxygen atoms in total. The fourth-order valence-electron chi connectivity index (χ4n) is 4.62. The van der Waals surface area contributed by atoms with Crippen LogP contribution in [0.4, 0.5) is 0 Å². The van der Waals surface area contributed by atoms with E-state index < -0.39 is 5.91 Å². The third-order valence-corrected chi connectivity index (χ3v) is 6.54. The van der Waals surface area contributed by atoms with Gasteiger partial charge in [-0.15, -0.1) is 0 Å². The van der Waals surface area contributed by atoms with E-state index in [0.717, 1.165) is 47.4 Å². The van der Waals surface area contributed by atoms with Crippen LogP contribution in [0.5, 0.6) is 0 Å². The van der Waals surface area contributed by atoms with Crippen molar-refractivity contribution in [2.45, 2.75) is 44.1 Å². The average molecular weight is 399 g/mol. The van der Waals surface area contributed by atoms with E-state index in [1.807, 2.05) is 23.6 Å². The van der Waals surface area contributed by atoms with E-state index in [9.17, 15) is 4.79 Å². The highest BCUT2D eigenvalue weighted by Gasteiger charge is 2.34. The second-order valence-corrected chi connectivity index (χ2v) is 8.56. The minimum Gasteiger partial charge on any atom is -0.366 e. The number of allylic oxidation sites excluding steroid dienone is 4. The first-order valence-corrected chi connectivity index (χ1v) is 10.5. The Morgan fingerprint density at radius 1 is 1.20 bits per heavy atom. The van der Waals surface area contributed by atoms with Gasteiger partial charge in [-0.05, 0) is 49.8 Å². The van der Waals surface area contributed by atoms with Gasteiger partial charge in [0.1, 0.15) is 5.65 Å². The van der Waals surface area contributed by atoms with Crippen molar-refractivity contribution in [3.63, 3.8) is 0 Å². The van der Waals surface area contributed by atoms with Gasteiger partial charge >= 0.3 is 0 Å². The number of benzene rings is 1. The maximum Gasteiger partial charge on any atom is 0.250 e. The van der Waals surface area contributed by atoms with Crippen molar-refractivity contribution in [2.24, 2.45) is 11.5 Å². The highest BCUT2D eigenvalue weighted by molar-refractivity contribution is 5.93. The predicted molar refractivity (Wildman–Crippen MR) is 119 cm³/mol. The molecule has 1 fully saturated rings. The highest BCUT2D eigenvalue weighted by atomic mass is 16.1. The Bertz CT molecular complexity index is 1200. The number of nitrogens with zero attached hydrogens (tertiary/aromatic N) is 2. The fraction of sp³-hybridized carbons (Fsp3) is 0.280. The zero-order chi connectivity index (χ0) is 20.9. The number of aromatic nitrogens is 2. The van der Waals surface area contributed by atoms with Crippen molar-refractivity contribution >= 4 is 11.6 Å². The number of fused-ring (bicyclic) bond motifs is 1. The number of carbonyl (C=O) groups excluding carboxylic acids is 1.